The fraction of sp³-hybridized carbons (Fsp3) is 0.147. The van der Waals surface area contributed by atoms with Crippen LogP contribution in [0.3, 0.4) is 0 Å². The first-order chi connectivity index (χ1) is 17.9. The minimum atomic E-state index is 0.0788. The summed E-state index contributed by atoms with van der Waals surface area (Å²) >= 11 is 1.86. The number of aromatic nitrogens is 1. The second-order valence-electron chi connectivity index (χ2n) is 11.0. The molecule has 2 aromatic heterocycles. The fourth-order valence-corrected chi connectivity index (χ4v) is 6.68. The summed E-state index contributed by atoms with van der Waals surface area (Å²) in [4.78, 5) is 4.74. The summed E-state index contributed by atoms with van der Waals surface area (Å²) in [6.07, 6.45) is 1.93. The number of nitrogens with zero attached hydrogens (tertiary/aromatic N) is 1. The molecule has 180 valence electrons. The lowest BCUT2D eigenvalue weighted by molar-refractivity contribution is 0.589. The molecule has 6 aromatic rings. The number of thiophene rings is 1. The number of hydrogen-bond acceptors (Lipinski definition) is 3. The Kier molecular flexibility index (Phi) is 4.83. The normalized spacial score (nSPS) is 12.5. The summed E-state index contributed by atoms with van der Waals surface area (Å²) in [5.74, 6) is 0. The molecule has 0 radical (unpaired) electrons. The lowest BCUT2D eigenvalue weighted by Crippen LogP contribution is -2.11. The summed E-state index contributed by atoms with van der Waals surface area (Å²) in [5, 5.41) is 6.48. The summed E-state index contributed by atoms with van der Waals surface area (Å²) < 4.78 is 2.64. The highest BCUT2D eigenvalue weighted by molar-refractivity contribution is 7.25. The van der Waals surface area contributed by atoms with Gasteiger partial charge in [-0.25, -0.2) is 0 Å². The van der Waals surface area contributed by atoms with E-state index in [1.54, 1.807) is 0 Å². The first kappa shape index (κ1) is 22.3. The van der Waals surface area contributed by atoms with Gasteiger partial charge in [0.1, 0.15) is 0 Å². The van der Waals surface area contributed by atoms with Gasteiger partial charge in [0.15, 0.2) is 0 Å². The number of hydrogen-bond donors (Lipinski definition) is 1. The average Bonchev–Trinajstić information content (AvgIpc) is 3.26. The summed E-state index contributed by atoms with van der Waals surface area (Å²) in [6.45, 7) is 8.99. The van der Waals surface area contributed by atoms with Gasteiger partial charge in [0.05, 0.1) is 5.69 Å². The molecule has 0 unspecified atom stereocenters. The molecule has 37 heavy (non-hydrogen) atoms. The van der Waals surface area contributed by atoms with Crippen molar-refractivity contribution in [2.75, 3.05) is 5.32 Å². The van der Waals surface area contributed by atoms with Crippen LogP contribution < -0.4 is 5.32 Å². The molecule has 0 saturated heterocycles. The van der Waals surface area contributed by atoms with Gasteiger partial charge in [-0.05, 0) is 77.1 Å². The Bertz CT molecular complexity index is 1850. The van der Waals surface area contributed by atoms with E-state index < -0.39 is 0 Å². The Balaban J connectivity index is 1.44. The molecular weight excluding hydrogens is 468 g/mol. The molecule has 0 amide bonds. The molecule has 0 saturated carbocycles. The Morgan fingerprint density at radius 2 is 1.46 bits per heavy atom. The molecule has 1 N–H and O–H groups in total. The van der Waals surface area contributed by atoms with Crippen molar-refractivity contribution in [1.29, 1.82) is 0 Å². The van der Waals surface area contributed by atoms with E-state index in [1.807, 2.05) is 17.5 Å². The lowest BCUT2D eigenvalue weighted by atomic mass is 9.86. The molecule has 0 fully saturated rings. The maximum absolute atomic E-state index is 4.74. The molecule has 7 rings (SSSR count). The van der Waals surface area contributed by atoms with Crippen molar-refractivity contribution in [1.82, 2.24) is 4.98 Å². The van der Waals surface area contributed by atoms with Gasteiger partial charge >= 0.3 is 0 Å². The van der Waals surface area contributed by atoms with Crippen LogP contribution in [-0.2, 0) is 5.41 Å². The maximum Gasteiger partial charge on any atom is 0.0705 e. The van der Waals surface area contributed by atoms with Crippen LogP contribution in [0.1, 0.15) is 31.9 Å². The molecule has 2 nitrogen and oxygen atoms in total. The van der Waals surface area contributed by atoms with Gasteiger partial charge in [0.25, 0.3) is 0 Å². The first-order valence-electron chi connectivity index (χ1n) is 12.8. The molecule has 0 spiro atoms. The van der Waals surface area contributed by atoms with E-state index in [-0.39, 0.29) is 5.41 Å². The standard InChI is InChI=1S/C34H28N2S/c1-20-23-9-7-10-24(20)27-18-28-25-8-5-6-11-32(25)37-33(28)19-31(27)36-29-13-12-21(16-26(23)29)30-17-22(14-15-35-30)34(2,3)4/h5-19,36H,1-4H3. The van der Waals surface area contributed by atoms with E-state index in [4.69, 9.17) is 4.98 Å². The van der Waals surface area contributed by atoms with Crippen LogP contribution >= 0.6 is 11.3 Å². The van der Waals surface area contributed by atoms with Gasteiger partial charge in [-0.1, -0.05) is 63.2 Å². The molecule has 4 aromatic carbocycles. The molecular formula is C34H28N2S. The Morgan fingerprint density at radius 1 is 0.676 bits per heavy atom. The van der Waals surface area contributed by atoms with Crippen molar-refractivity contribution in [2.45, 2.75) is 33.1 Å². The highest BCUT2D eigenvalue weighted by atomic mass is 32.1. The number of benzene rings is 4. The lowest BCUT2D eigenvalue weighted by Gasteiger charge is -2.24. The van der Waals surface area contributed by atoms with Crippen LogP contribution in [0.25, 0.3) is 53.7 Å². The molecule has 1 aliphatic heterocycles. The van der Waals surface area contributed by atoms with Crippen LogP contribution in [-0.4, -0.2) is 4.98 Å². The topological polar surface area (TPSA) is 24.9 Å². The Labute approximate surface area is 221 Å². The van der Waals surface area contributed by atoms with Crippen LogP contribution in [0.15, 0.2) is 91.1 Å². The molecule has 0 atom stereocenters. The van der Waals surface area contributed by atoms with Crippen LogP contribution in [0.4, 0.5) is 11.4 Å². The largest absolute Gasteiger partial charge is 0.354 e. The van der Waals surface area contributed by atoms with Gasteiger partial charge in [-0.2, -0.15) is 0 Å². The predicted molar refractivity (Wildman–Crippen MR) is 160 cm³/mol. The van der Waals surface area contributed by atoms with Crippen molar-refractivity contribution >= 4 is 42.9 Å². The third-order valence-electron chi connectivity index (χ3n) is 7.64. The van der Waals surface area contributed by atoms with Crippen LogP contribution in [0.5, 0.6) is 0 Å². The molecule has 1 aliphatic rings. The Morgan fingerprint density at radius 3 is 2.27 bits per heavy atom. The predicted octanol–water partition coefficient (Wildman–Crippen LogP) is 10.1. The van der Waals surface area contributed by atoms with Crippen molar-refractivity contribution in [3.8, 4) is 33.5 Å². The maximum atomic E-state index is 4.74. The van der Waals surface area contributed by atoms with E-state index >= 15 is 0 Å². The van der Waals surface area contributed by atoms with Gasteiger partial charge in [-0.15, -0.1) is 11.3 Å². The monoisotopic (exact) mass is 496 g/mol. The average molecular weight is 497 g/mol. The zero-order valence-electron chi connectivity index (χ0n) is 21.5. The second kappa shape index (κ2) is 8.03. The van der Waals surface area contributed by atoms with Crippen molar-refractivity contribution in [3.05, 3.63) is 102 Å². The van der Waals surface area contributed by atoms with Crippen molar-refractivity contribution in [3.63, 3.8) is 0 Å². The molecule has 3 heterocycles. The molecule has 0 aliphatic carbocycles. The van der Waals surface area contributed by atoms with Crippen molar-refractivity contribution < 1.29 is 0 Å². The quantitative estimate of drug-likeness (QED) is 0.244. The van der Waals surface area contributed by atoms with E-state index in [0.29, 0.717) is 0 Å². The number of anilines is 2. The smallest absolute Gasteiger partial charge is 0.0705 e. The van der Waals surface area contributed by atoms with Crippen molar-refractivity contribution in [2.24, 2.45) is 0 Å². The van der Waals surface area contributed by atoms with Gasteiger partial charge < -0.3 is 5.32 Å². The van der Waals surface area contributed by atoms with Crippen LogP contribution in [0, 0.1) is 6.92 Å². The third-order valence-corrected chi connectivity index (χ3v) is 8.78. The molecule has 3 heteroatoms. The summed E-state index contributed by atoms with van der Waals surface area (Å²) in [5.41, 5.74) is 12.1. The highest BCUT2D eigenvalue weighted by Gasteiger charge is 2.21. The highest BCUT2D eigenvalue weighted by Crippen LogP contribution is 2.47. The number of nitrogens with one attached hydrogen (secondary N) is 1. The zero-order chi connectivity index (χ0) is 25.3. The van der Waals surface area contributed by atoms with E-state index in [2.05, 4.69) is 118 Å². The van der Waals surface area contributed by atoms with Gasteiger partial charge in [0, 0.05) is 54.4 Å². The van der Waals surface area contributed by atoms with Gasteiger partial charge in [0.2, 0.25) is 0 Å². The van der Waals surface area contributed by atoms with E-state index in [9.17, 15) is 0 Å². The summed E-state index contributed by atoms with van der Waals surface area (Å²) in [6, 6.07) is 31.2. The van der Waals surface area contributed by atoms with E-state index in [0.717, 1.165) is 22.6 Å². The third kappa shape index (κ3) is 3.57. The minimum absolute atomic E-state index is 0.0788. The first-order valence-corrected chi connectivity index (χ1v) is 13.6. The SMILES string of the molecule is Cc1c2cccc1-c1cc3c(cc1Nc1ccc(-c4cc(C(C)(C)C)ccn4)cc1-2)sc1ccccc13. The Hall–Kier alpha value is -3.95. The number of fused-ring (bicyclic) bond motifs is 9. The number of pyridine rings is 1. The summed E-state index contributed by atoms with van der Waals surface area (Å²) in [7, 11) is 0. The second-order valence-corrected chi connectivity index (χ2v) is 12.1. The fourth-order valence-electron chi connectivity index (χ4n) is 5.55. The zero-order valence-corrected chi connectivity index (χ0v) is 22.3. The van der Waals surface area contributed by atoms with E-state index in [1.165, 1.54) is 53.6 Å². The van der Waals surface area contributed by atoms with Crippen LogP contribution in [0.2, 0.25) is 0 Å². The minimum Gasteiger partial charge on any atom is -0.354 e. The number of rotatable bonds is 1. The molecule has 2 bridgehead atoms. The van der Waals surface area contributed by atoms with Gasteiger partial charge in [-0.3, -0.25) is 4.98 Å².